The Morgan fingerprint density at radius 2 is 1.89 bits per heavy atom. The average Bonchev–Trinajstić information content (AvgIpc) is 2.35. The van der Waals surface area contributed by atoms with Gasteiger partial charge in [0.1, 0.15) is 11.6 Å². The van der Waals surface area contributed by atoms with Gasteiger partial charge in [-0.1, -0.05) is 0 Å². The quantitative estimate of drug-likeness (QED) is 0.575. The maximum absolute atomic E-state index is 11.8. The van der Waals surface area contributed by atoms with Gasteiger partial charge in [-0.25, -0.2) is 4.79 Å². The summed E-state index contributed by atoms with van der Waals surface area (Å²) in [5, 5.41) is 0. The van der Waals surface area contributed by atoms with Gasteiger partial charge in [-0.05, 0) is 32.9 Å². The molecule has 5 nitrogen and oxygen atoms in total. The molecule has 0 aliphatic heterocycles. The number of hydrogen-bond donors (Lipinski definition) is 0. The normalized spacial score (nSPS) is 10.3. The first kappa shape index (κ1) is 15.0. The molecular weight excluding hydrogens is 246 g/mol. The van der Waals surface area contributed by atoms with Gasteiger partial charge in [-0.2, -0.15) is 0 Å². The highest BCUT2D eigenvalue weighted by atomic mass is 16.5. The molecule has 1 aromatic rings. The molecule has 0 N–H and O–H groups in total. The van der Waals surface area contributed by atoms with Gasteiger partial charge in [0.25, 0.3) is 0 Å². The van der Waals surface area contributed by atoms with E-state index < -0.39 is 11.9 Å². The molecule has 1 aromatic heterocycles. The minimum absolute atomic E-state index is 0.125. The number of hydrogen-bond acceptors (Lipinski definition) is 5. The molecule has 0 amide bonds. The fourth-order valence-corrected chi connectivity index (χ4v) is 1.76. The summed E-state index contributed by atoms with van der Waals surface area (Å²) >= 11 is 0. The summed E-state index contributed by atoms with van der Waals surface area (Å²) in [4.78, 5) is 38.7. The Bertz CT molecular complexity index is 482. The lowest BCUT2D eigenvalue weighted by atomic mass is 9.93. The highest BCUT2D eigenvalue weighted by Crippen LogP contribution is 2.14. The molecule has 0 atom stereocenters. The summed E-state index contributed by atoms with van der Waals surface area (Å²) in [6, 6.07) is 3.20. The second kappa shape index (κ2) is 6.78. The molecule has 5 heteroatoms. The third-order valence-corrected chi connectivity index (χ3v) is 2.76. The van der Waals surface area contributed by atoms with Gasteiger partial charge in [-0.15, -0.1) is 0 Å². The molecule has 0 aliphatic rings. The van der Waals surface area contributed by atoms with Crippen LogP contribution in [0, 0.1) is 5.92 Å². The molecule has 0 aromatic carbocycles. The van der Waals surface area contributed by atoms with Crippen molar-refractivity contribution >= 4 is 17.5 Å². The van der Waals surface area contributed by atoms with Crippen molar-refractivity contribution in [3.63, 3.8) is 0 Å². The Hall–Kier alpha value is -2.04. The number of pyridine rings is 1. The summed E-state index contributed by atoms with van der Waals surface area (Å²) in [6.07, 6.45) is 1.65. The summed E-state index contributed by atoms with van der Waals surface area (Å²) in [5.41, 5.74) is 0.716. The Balaban J connectivity index is 3.03. The van der Waals surface area contributed by atoms with Crippen LogP contribution in [0.25, 0.3) is 0 Å². The molecule has 0 saturated carbocycles. The van der Waals surface area contributed by atoms with Crippen molar-refractivity contribution < 1.29 is 19.1 Å². The van der Waals surface area contributed by atoms with Crippen LogP contribution in [0.2, 0.25) is 0 Å². The van der Waals surface area contributed by atoms with Crippen molar-refractivity contribution in [3.05, 3.63) is 29.6 Å². The molecule has 0 spiro atoms. The fraction of sp³-hybridized carbons (Fsp3) is 0.429. The van der Waals surface area contributed by atoms with Gasteiger partial charge >= 0.3 is 5.97 Å². The van der Waals surface area contributed by atoms with Crippen LogP contribution < -0.4 is 0 Å². The zero-order valence-corrected chi connectivity index (χ0v) is 11.3. The molecule has 0 radical (unpaired) electrons. The van der Waals surface area contributed by atoms with Gasteiger partial charge in [0.15, 0.2) is 0 Å². The third kappa shape index (κ3) is 3.98. The van der Waals surface area contributed by atoms with Crippen molar-refractivity contribution in [2.45, 2.75) is 27.2 Å². The molecule has 0 unspecified atom stereocenters. The van der Waals surface area contributed by atoms with Crippen LogP contribution in [0.3, 0.4) is 0 Å². The van der Waals surface area contributed by atoms with E-state index in [-0.39, 0.29) is 24.6 Å². The maximum Gasteiger partial charge on any atom is 0.339 e. The van der Waals surface area contributed by atoms with Gasteiger partial charge in [0.05, 0.1) is 23.8 Å². The summed E-state index contributed by atoms with van der Waals surface area (Å²) in [7, 11) is 0. The zero-order chi connectivity index (χ0) is 14.4. The molecule has 19 heavy (non-hydrogen) atoms. The van der Waals surface area contributed by atoms with E-state index in [1.165, 1.54) is 20.0 Å². The van der Waals surface area contributed by atoms with E-state index >= 15 is 0 Å². The van der Waals surface area contributed by atoms with Crippen LogP contribution >= 0.6 is 0 Å². The predicted molar refractivity (Wildman–Crippen MR) is 68.7 cm³/mol. The molecule has 102 valence electrons. The first-order valence-corrected chi connectivity index (χ1v) is 6.09. The third-order valence-electron chi connectivity index (χ3n) is 2.76. The second-order valence-electron chi connectivity index (χ2n) is 4.20. The summed E-state index contributed by atoms with van der Waals surface area (Å²) in [6.45, 7) is 4.69. The number of ketones is 2. The van der Waals surface area contributed by atoms with Gasteiger partial charge in [0, 0.05) is 12.6 Å². The molecular formula is C14H17NO4. The van der Waals surface area contributed by atoms with Gasteiger partial charge in [-0.3, -0.25) is 14.6 Å². The van der Waals surface area contributed by atoms with Gasteiger partial charge in [0.2, 0.25) is 0 Å². The summed E-state index contributed by atoms with van der Waals surface area (Å²) in [5.74, 6) is -1.71. The number of nitrogens with zero attached hydrogens (tertiary/aromatic N) is 1. The van der Waals surface area contributed by atoms with E-state index in [0.29, 0.717) is 11.3 Å². The SMILES string of the molecule is CCOC(=O)c1cccnc1CC(C(C)=O)C(C)=O. The van der Waals surface area contributed by atoms with Crippen LogP contribution in [0.1, 0.15) is 36.8 Å². The first-order valence-electron chi connectivity index (χ1n) is 6.09. The van der Waals surface area contributed by atoms with Crippen LogP contribution in [0.5, 0.6) is 0 Å². The second-order valence-corrected chi connectivity index (χ2v) is 4.20. The number of rotatable bonds is 6. The van der Waals surface area contributed by atoms with E-state index in [1.807, 2.05) is 0 Å². The molecule has 0 aliphatic carbocycles. The Kier molecular flexibility index (Phi) is 5.36. The molecule has 1 heterocycles. The minimum Gasteiger partial charge on any atom is -0.462 e. The number of carbonyl (C=O) groups is 3. The van der Waals surface area contributed by atoms with E-state index in [4.69, 9.17) is 4.74 Å². The number of aromatic nitrogens is 1. The topological polar surface area (TPSA) is 73.3 Å². The van der Waals surface area contributed by atoms with Crippen LogP contribution in [-0.2, 0) is 20.7 Å². The van der Waals surface area contributed by atoms with Crippen molar-refractivity contribution in [2.75, 3.05) is 6.61 Å². The van der Waals surface area contributed by atoms with Crippen molar-refractivity contribution in [3.8, 4) is 0 Å². The lowest BCUT2D eigenvalue weighted by Gasteiger charge is -2.12. The predicted octanol–water partition coefficient (Wildman–Crippen LogP) is 1.59. The Labute approximate surface area is 112 Å². The lowest BCUT2D eigenvalue weighted by Crippen LogP contribution is -2.24. The van der Waals surface area contributed by atoms with E-state index in [1.54, 1.807) is 19.1 Å². The average molecular weight is 263 g/mol. The van der Waals surface area contributed by atoms with Crippen molar-refractivity contribution in [1.29, 1.82) is 0 Å². The van der Waals surface area contributed by atoms with Crippen molar-refractivity contribution in [2.24, 2.45) is 5.92 Å². The van der Waals surface area contributed by atoms with E-state index in [9.17, 15) is 14.4 Å². The van der Waals surface area contributed by atoms with Crippen LogP contribution in [-0.4, -0.2) is 29.1 Å². The van der Waals surface area contributed by atoms with Crippen LogP contribution in [0.15, 0.2) is 18.3 Å². The van der Waals surface area contributed by atoms with E-state index in [2.05, 4.69) is 4.98 Å². The number of esters is 1. The summed E-state index contributed by atoms with van der Waals surface area (Å²) < 4.78 is 4.92. The first-order chi connectivity index (χ1) is 8.97. The number of carbonyl (C=O) groups excluding carboxylic acids is 3. The van der Waals surface area contributed by atoms with Crippen LogP contribution in [0.4, 0.5) is 0 Å². The smallest absolute Gasteiger partial charge is 0.339 e. The monoisotopic (exact) mass is 263 g/mol. The lowest BCUT2D eigenvalue weighted by molar-refractivity contribution is -0.130. The number of ether oxygens (including phenoxy) is 1. The number of Topliss-reactive ketones (excluding diaryl/α,β-unsaturated/α-hetero) is 2. The van der Waals surface area contributed by atoms with Gasteiger partial charge < -0.3 is 4.74 Å². The molecule has 1 rings (SSSR count). The molecule has 0 bridgehead atoms. The maximum atomic E-state index is 11.8. The van der Waals surface area contributed by atoms with E-state index in [0.717, 1.165) is 0 Å². The Morgan fingerprint density at radius 1 is 1.26 bits per heavy atom. The minimum atomic E-state index is -0.761. The largest absolute Gasteiger partial charge is 0.462 e. The molecule has 0 fully saturated rings. The van der Waals surface area contributed by atoms with Crippen molar-refractivity contribution in [1.82, 2.24) is 4.98 Å². The Morgan fingerprint density at radius 3 is 2.42 bits per heavy atom. The zero-order valence-electron chi connectivity index (χ0n) is 11.3. The standard InChI is InChI=1S/C14H17NO4/c1-4-19-14(18)11-6-5-7-15-13(11)8-12(9(2)16)10(3)17/h5-7,12H,4,8H2,1-3H3. The highest BCUT2D eigenvalue weighted by molar-refractivity contribution is 6.00. The highest BCUT2D eigenvalue weighted by Gasteiger charge is 2.23. The molecule has 0 saturated heterocycles. The fourth-order valence-electron chi connectivity index (χ4n) is 1.76.